The molecule has 4 heteroatoms. The first-order valence-electron chi connectivity index (χ1n) is 5.70. The number of hydrogen-bond donors (Lipinski definition) is 0. The van der Waals surface area contributed by atoms with Gasteiger partial charge in [-0.25, -0.2) is 4.39 Å². The minimum Gasteiger partial charge on any atom is -0.295 e. The first-order chi connectivity index (χ1) is 8.19. The second kappa shape index (κ2) is 5.52. The third kappa shape index (κ3) is 3.21. The van der Waals surface area contributed by atoms with Gasteiger partial charge in [0.15, 0.2) is 0 Å². The molecule has 0 spiro atoms. The summed E-state index contributed by atoms with van der Waals surface area (Å²) in [6.07, 6.45) is 0. The van der Waals surface area contributed by atoms with Crippen LogP contribution < -0.4 is 0 Å². The summed E-state index contributed by atoms with van der Waals surface area (Å²) in [7, 11) is 0. The number of halogens is 1. The van der Waals surface area contributed by atoms with Gasteiger partial charge in [-0.05, 0) is 30.7 Å². The van der Waals surface area contributed by atoms with Crippen LogP contribution in [0.1, 0.15) is 18.1 Å². The summed E-state index contributed by atoms with van der Waals surface area (Å²) < 4.78 is 13.3. The van der Waals surface area contributed by atoms with E-state index in [1.807, 2.05) is 17.8 Å². The molecular weight excluding hydrogens is 235 g/mol. The smallest absolute Gasteiger partial charge is 0.124 e. The van der Waals surface area contributed by atoms with E-state index in [4.69, 9.17) is 5.26 Å². The predicted molar refractivity (Wildman–Crippen MR) is 68.3 cm³/mol. The van der Waals surface area contributed by atoms with Crippen molar-refractivity contribution in [2.24, 2.45) is 0 Å². The number of rotatable bonds is 2. The molecular formula is C13H15FN2S. The Hall–Kier alpha value is -1.05. The SMILES string of the molecule is CC1CSCCN1Cc1cc(F)cc(C#N)c1. The third-order valence-corrected chi connectivity index (χ3v) is 4.17. The lowest BCUT2D eigenvalue weighted by Crippen LogP contribution is -2.39. The first kappa shape index (κ1) is 12.4. The minimum atomic E-state index is -0.321. The monoisotopic (exact) mass is 250 g/mol. The topological polar surface area (TPSA) is 27.0 Å². The third-order valence-electron chi connectivity index (χ3n) is 2.98. The van der Waals surface area contributed by atoms with Crippen LogP contribution in [0.4, 0.5) is 4.39 Å². The second-order valence-electron chi connectivity index (χ2n) is 4.35. The van der Waals surface area contributed by atoms with E-state index in [1.54, 1.807) is 6.07 Å². The molecule has 90 valence electrons. The van der Waals surface area contributed by atoms with Gasteiger partial charge in [0.1, 0.15) is 5.82 Å². The minimum absolute atomic E-state index is 0.321. The molecule has 1 aliphatic rings. The summed E-state index contributed by atoms with van der Waals surface area (Å²) in [5, 5.41) is 8.81. The van der Waals surface area contributed by atoms with Crippen molar-refractivity contribution in [3.8, 4) is 6.07 Å². The quantitative estimate of drug-likeness (QED) is 0.807. The van der Waals surface area contributed by atoms with E-state index in [1.165, 1.54) is 12.1 Å². The average Bonchev–Trinajstić information content (AvgIpc) is 2.31. The van der Waals surface area contributed by atoms with Crippen LogP contribution in [-0.4, -0.2) is 29.0 Å². The summed E-state index contributed by atoms with van der Waals surface area (Å²) in [5.41, 5.74) is 1.29. The molecule has 1 aliphatic heterocycles. The van der Waals surface area contributed by atoms with Gasteiger partial charge in [-0.15, -0.1) is 0 Å². The Morgan fingerprint density at radius 2 is 2.35 bits per heavy atom. The van der Waals surface area contributed by atoms with Crippen molar-refractivity contribution in [3.05, 3.63) is 35.1 Å². The van der Waals surface area contributed by atoms with Gasteiger partial charge in [0.25, 0.3) is 0 Å². The molecule has 2 nitrogen and oxygen atoms in total. The molecule has 0 saturated carbocycles. The summed E-state index contributed by atoms with van der Waals surface area (Å²) in [6, 6.07) is 7.09. The molecule has 2 rings (SSSR count). The Balaban J connectivity index is 2.12. The zero-order valence-electron chi connectivity index (χ0n) is 9.82. The van der Waals surface area contributed by atoms with Crippen LogP contribution >= 0.6 is 11.8 Å². The van der Waals surface area contributed by atoms with Crippen LogP contribution in [0.15, 0.2) is 18.2 Å². The summed E-state index contributed by atoms with van der Waals surface area (Å²) in [5.74, 6) is 1.93. The van der Waals surface area contributed by atoms with Gasteiger partial charge in [0.05, 0.1) is 11.6 Å². The number of hydrogen-bond acceptors (Lipinski definition) is 3. The zero-order chi connectivity index (χ0) is 12.3. The van der Waals surface area contributed by atoms with Crippen LogP contribution in [0.25, 0.3) is 0 Å². The van der Waals surface area contributed by atoms with E-state index in [-0.39, 0.29) is 5.82 Å². The van der Waals surface area contributed by atoms with Gasteiger partial charge >= 0.3 is 0 Å². The molecule has 1 saturated heterocycles. The molecule has 0 aliphatic carbocycles. The fourth-order valence-corrected chi connectivity index (χ4v) is 3.12. The lowest BCUT2D eigenvalue weighted by atomic mass is 10.1. The van der Waals surface area contributed by atoms with Gasteiger partial charge in [0.2, 0.25) is 0 Å². The average molecular weight is 250 g/mol. The Bertz CT molecular complexity index is 442. The molecule has 1 unspecified atom stereocenters. The molecule has 1 aromatic carbocycles. The molecule has 0 radical (unpaired) electrons. The van der Waals surface area contributed by atoms with E-state index in [0.29, 0.717) is 11.6 Å². The number of nitriles is 1. The Labute approximate surface area is 105 Å². The van der Waals surface area contributed by atoms with E-state index in [9.17, 15) is 4.39 Å². The highest BCUT2D eigenvalue weighted by Gasteiger charge is 2.18. The molecule has 1 heterocycles. The fourth-order valence-electron chi connectivity index (χ4n) is 2.04. The van der Waals surface area contributed by atoms with E-state index < -0.39 is 0 Å². The molecule has 0 bridgehead atoms. The van der Waals surface area contributed by atoms with Crippen molar-refractivity contribution in [2.45, 2.75) is 19.5 Å². The maximum atomic E-state index is 13.3. The Kier molecular flexibility index (Phi) is 4.03. The van der Waals surface area contributed by atoms with Crippen LogP contribution in [0, 0.1) is 17.1 Å². The maximum Gasteiger partial charge on any atom is 0.124 e. The molecule has 17 heavy (non-hydrogen) atoms. The van der Waals surface area contributed by atoms with Crippen molar-refractivity contribution in [3.63, 3.8) is 0 Å². The standard InChI is InChI=1S/C13H15FN2S/c1-10-9-17-3-2-16(10)8-12-4-11(7-15)5-13(14)6-12/h4-6,10H,2-3,8-9H2,1H3. The van der Waals surface area contributed by atoms with Gasteiger partial charge in [0, 0.05) is 30.6 Å². The van der Waals surface area contributed by atoms with Gasteiger partial charge in [-0.3, -0.25) is 4.90 Å². The maximum absolute atomic E-state index is 13.3. The van der Waals surface area contributed by atoms with Crippen LogP contribution in [0.3, 0.4) is 0 Å². The summed E-state index contributed by atoms with van der Waals surface area (Å²) in [4.78, 5) is 2.34. The fraction of sp³-hybridized carbons (Fsp3) is 0.462. The van der Waals surface area contributed by atoms with Crippen molar-refractivity contribution in [2.75, 3.05) is 18.1 Å². The van der Waals surface area contributed by atoms with Crippen LogP contribution in [-0.2, 0) is 6.54 Å². The summed E-state index contributed by atoms with van der Waals surface area (Å²) >= 11 is 1.96. The van der Waals surface area contributed by atoms with Gasteiger partial charge in [-0.2, -0.15) is 17.0 Å². The van der Waals surface area contributed by atoms with Gasteiger partial charge < -0.3 is 0 Å². The largest absolute Gasteiger partial charge is 0.295 e. The molecule has 0 aromatic heterocycles. The number of benzene rings is 1. The number of nitrogens with zero attached hydrogens (tertiary/aromatic N) is 2. The molecule has 0 amide bonds. The molecule has 1 aromatic rings. The van der Waals surface area contributed by atoms with Gasteiger partial charge in [-0.1, -0.05) is 0 Å². The number of thioether (sulfide) groups is 1. The summed E-state index contributed by atoms with van der Waals surface area (Å²) in [6.45, 7) is 3.95. The Morgan fingerprint density at radius 1 is 1.53 bits per heavy atom. The van der Waals surface area contributed by atoms with E-state index in [0.717, 1.165) is 30.2 Å². The highest BCUT2D eigenvalue weighted by Crippen LogP contribution is 2.19. The molecule has 0 N–H and O–H groups in total. The predicted octanol–water partition coefficient (Wildman–Crippen LogP) is 2.63. The van der Waals surface area contributed by atoms with E-state index >= 15 is 0 Å². The van der Waals surface area contributed by atoms with E-state index in [2.05, 4.69) is 11.8 Å². The highest BCUT2D eigenvalue weighted by atomic mass is 32.2. The van der Waals surface area contributed by atoms with Crippen molar-refractivity contribution >= 4 is 11.8 Å². The highest BCUT2D eigenvalue weighted by molar-refractivity contribution is 7.99. The first-order valence-corrected chi connectivity index (χ1v) is 6.86. The normalized spacial score (nSPS) is 21.1. The molecule has 1 atom stereocenters. The van der Waals surface area contributed by atoms with Crippen molar-refractivity contribution in [1.82, 2.24) is 4.90 Å². The Morgan fingerprint density at radius 3 is 3.06 bits per heavy atom. The lowest BCUT2D eigenvalue weighted by Gasteiger charge is -2.32. The second-order valence-corrected chi connectivity index (χ2v) is 5.50. The van der Waals surface area contributed by atoms with Crippen molar-refractivity contribution in [1.29, 1.82) is 5.26 Å². The van der Waals surface area contributed by atoms with Crippen LogP contribution in [0.2, 0.25) is 0 Å². The molecule has 1 fully saturated rings. The van der Waals surface area contributed by atoms with Crippen LogP contribution in [0.5, 0.6) is 0 Å². The zero-order valence-corrected chi connectivity index (χ0v) is 10.6. The lowest BCUT2D eigenvalue weighted by molar-refractivity contribution is 0.223. The van der Waals surface area contributed by atoms with Crippen molar-refractivity contribution < 1.29 is 4.39 Å².